The van der Waals surface area contributed by atoms with E-state index in [2.05, 4.69) is 20.3 Å². The molecule has 3 aromatic rings. The van der Waals surface area contributed by atoms with Crippen LogP contribution in [0.15, 0.2) is 48.9 Å². The number of pyridine rings is 1. The number of amides is 1. The maximum Gasteiger partial charge on any atom is 0.224 e. The van der Waals surface area contributed by atoms with Crippen molar-refractivity contribution in [3.63, 3.8) is 0 Å². The Morgan fingerprint density at radius 2 is 2.15 bits per heavy atom. The lowest BCUT2D eigenvalue weighted by molar-refractivity contribution is -0.120. The van der Waals surface area contributed by atoms with E-state index in [1.165, 1.54) is 0 Å². The number of H-pyrrole nitrogens is 1. The summed E-state index contributed by atoms with van der Waals surface area (Å²) in [5.41, 5.74) is 3.66. The van der Waals surface area contributed by atoms with Crippen LogP contribution in [0.3, 0.4) is 0 Å². The summed E-state index contributed by atoms with van der Waals surface area (Å²) in [5, 5.41) is 2.86. The van der Waals surface area contributed by atoms with Gasteiger partial charge in [0.15, 0.2) is 0 Å². The number of nitrogens with zero attached hydrogens (tertiary/aromatic N) is 2. The van der Waals surface area contributed by atoms with E-state index < -0.39 is 0 Å². The lowest BCUT2D eigenvalue weighted by atomic mass is 10.1. The number of rotatable bonds is 4. The van der Waals surface area contributed by atoms with Crippen molar-refractivity contribution in [2.24, 2.45) is 0 Å². The molecule has 2 heterocycles. The third-order valence-electron chi connectivity index (χ3n) is 3.04. The van der Waals surface area contributed by atoms with E-state index in [1.54, 1.807) is 12.5 Å². The normalized spacial score (nSPS) is 10.6. The van der Waals surface area contributed by atoms with Crippen molar-refractivity contribution >= 4 is 16.9 Å². The van der Waals surface area contributed by atoms with Gasteiger partial charge in [0, 0.05) is 6.20 Å². The van der Waals surface area contributed by atoms with Crippen molar-refractivity contribution in [2.75, 3.05) is 0 Å². The molecule has 0 spiro atoms. The Balaban J connectivity index is 1.61. The van der Waals surface area contributed by atoms with Gasteiger partial charge in [0.25, 0.3) is 0 Å². The maximum atomic E-state index is 11.9. The number of benzene rings is 1. The molecule has 5 nitrogen and oxygen atoms in total. The molecule has 20 heavy (non-hydrogen) atoms. The van der Waals surface area contributed by atoms with Crippen molar-refractivity contribution < 1.29 is 4.79 Å². The van der Waals surface area contributed by atoms with Gasteiger partial charge in [-0.05, 0) is 29.8 Å². The predicted octanol–water partition coefficient (Wildman–Crippen LogP) is 1.82. The second-order valence-electron chi connectivity index (χ2n) is 4.53. The minimum atomic E-state index is -0.0190. The number of carbonyl (C=O) groups is 1. The molecular weight excluding hydrogens is 252 g/mol. The smallest absolute Gasteiger partial charge is 0.224 e. The van der Waals surface area contributed by atoms with Crippen LogP contribution >= 0.6 is 0 Å². The summed E-state index contributed by atoms with van der Waals surface area (Å²) in [7, 11) is 0. The van der Waals surface area contributed by atoms with Crippen LogP contribution in [0.5, 0.6) is 0 Å². The predicted molar refractivity (Wildman–Crippen MR) is 75.9 cm³/mol. The zero-order valence-electron chi connectivity index (χ0n) is 10.8. The van der Waals surface area contributed by atoms with Crippen LogP contribution in [0.4, 0.5) is 0 Å². The van der Waals surface area contributed by atoms with Crippen LogP contribution in [0.25, 0.3) is 11.0 Å². The molecule has 100 valence electrons. The molecule has 0 radical (unpaired) electrons. The topological polar surface area (TPSA) is 70.7 Å². The molecule has 0 atom stereocenters. The fourth-order valence-electron chi connectivity index (χ4n) is 2.03. The molecule has 1 amide bonds. The lowest BCUT2D eigenvalue weighted by Crippen LogP contribution is -2.24. The summed E-state index contributed by atoms with van der Waals surface area (Å²) >= 11 is 0. The Labute approximate surface area is 116 Å². The molecule has 0 saturated heterocycles. The lowest BCUT2D eigenvalue weighted by Gasteiger charge is -2.05. The van der Waals surface area contributed by atoms with Gasteiger partial charge in [0.2, 0.25) is 5.91 Å². The van der Waals surface area contributed by atoms with Gasteiger partial charge in [0.05, 0.1) is 36.0 Å². The van der Waals surface area contributed by atoms with E-state index in [1.807, 2.05) is 36.4 Å². The zero-order chi connectivity index (χ0) is 13.8. The largest absolute Gasteiger partial charge is 0.350 e. The molecule has 0 aliphatic rings. The van der Waals surface area contributed by atoms with Gasteiger partial charge in [-0.1, -0.05) is 12.1 Å². The van der Waals surface area contributed by atoms with Crippen LogP contribution in [0.2, 0.25) is 0 Å². The highest BCUT2D eigenvalue weighted by Gasteiger charge is 2.05. The first-order valence-corrected chi connectivity index (χ1v) is 6.40. The van der Waals surface area contributed by atoms with Crippen LogP contribution in [-0.4, -0.2) is 20.9 Å². The molecule has 0 unspecified atom stereocenters. The second kappa shape index (κ2) is 5.52. The van der Waals surface area contributed by atoms with Gasteiger partial charge in [-0.2, -0.15) is 0 Å². The zero-order valence-corrected chi connectivity index (χ0v) is 10.8. The number of nitrogens with one attached hydrogen (secondary N) is 2. The minimum absolute atomic E-state index is 0.0190. The van der Waals surface area contributed by atoms with Crippen LogP contribution in [0.1, 0.15) is 11.3 Å². The Morgan fingerprint density at radius 1 is 1.20 bits per heavy atom. The molecule has 5 heteroatoms. The number of aromatic amines is 1. The van der Waals surface area contributed by atoms with Crippen LogP contribution in [0, 0.1) is 0 Å². The Morgan fingerprint density at radius 3 is 3.00 bits per heavy atom. The van der Waals surface area contributed by atoms with Crippen LogP contribution < -0.4 is 5.32 Å². The number of fused-ring (bicyclic) bond motifs is 1. The molecule has 3 rings (SSSR count). The summed E-state index contributed by atoms with van der Waals surface area (Å²) < 4.78 is 0. The van der Waals surface area contributed by atoms with Crippen molar-refractivity contribution in [3.05, 3.63) is 60.2 Å². The minimum Gasteiger partial charge on any atom is -0.350 e. The van der Waals surface area contributed by atoms with Crippen molar-refractivity contribution in [1.82, 2.24) is 20.3 Å². The molecular formula is C15H14N4O. The standard InChI is InChI=1S/C15H14N4O/c20-15(17-9-12-3-1-2-6-16-12)8-11-4-5-13-14(7-11)19-10-18-13/h1-7,10H,8-9H2,(H,17,20)(H,18,19). The van der Waals surface area contributed by atoms with Gasteiger partial charge < -0.3 is 10.3 Å². The molecule has 0 saturated carbocycles. The fourth-order valence-corrected chi connectivity index (χ4v) is 2.03. The highest BCUT2D eigenvalue weighted by Crippen LogP contribution is 2.12. The SMILES string of the molecule is O=C(Cc1ccc2nc[nH]c2c1)NCc1ccccn1. The van der Waals surface area contributed by atoms with Crippen molar-refractivity contribution in [3.8, 4) is 0 Å². The molecule has 0 aliphatic carbocycles. The summed E-state index contributed by atoms with van der Waals surface area (Å²) in [6.07, 6.45) is 3.71. The number of carbonyl (C=O) groups excluding carboxylic acids is 1. The molecule has 0 aliphatic heterocycles. The van der Waals surface area contributed by atoms with Crippen LogP contribution in [-0.2, 0) is 17.8 Å². The number of hydrogen-bond acceptors (Lipinski definition) is 3. The summed E-state index contributed by atoms with van der Waals surface area (Å²) in [6.45, 7) is 0.450. The van der Waals surface area contributed by atoms with Gasteiger partial charge in [-0.3, -0.25) is 9.78 Å². The monoisotopic (exact) mass is 266 g/mol. The highest BCUT2D eigenvalue weighted by atomic mass is 16.1. The Bertz CT molecular complexity index is 721. The Hall–Kier alpha value is -2.69. The van der Waals surface area contributed by atoms with E-state index in [0.29, 0.717) is 13.0 Å². The molecule has 2 aromatic heterocycles. The molecule has 0 bridgehead atoms. The van der Waals surface area contributed by atoms with E-state index in [4.69, 9.17) is 0 Å². The number of imidazole rings is 1. The first kappa shape index (κ1) is 12.3. The van der Waals surface area contributed by atoms with E-state index in [9.17, 15) is 4.79 Å². The average molecular weight is 266 g/mol. The third kappa shape index (κ3) is 2.83. The fraction of sp³-hybridized carbons (Fsp3) is 0.133. The molecule has 1 aromatic carbocycles. The van der Waals surface area contributed by atoms with E-state index in [-0.39, 0.29) is 5.91 Å². The maximum absolute atomic E-state index is 11.9. The third-order valence-corrected chi connectivity index (χ3v) is 3.04. The number of hydrogen-bond donors (Lipinski definition) is 2. The average Bonchev–Trinajstić information content (AvgIpc) is 2.94. The van der Waals surface area contributed by atoms with Crippen molar-refractivity contribution in [2.45, 2.75) is 13.0 Å². The van der Waals surface area contributed by atoms with Gasteiger partial charge in [-0.25, -0.2) is 4.98 Å². The van der Waals surface area contributed by atoms with Gasteiger partial charge >= 0.3 is 0 Å². The second-order valence-corrected chi connectivity index (χ2v) is 4.53. The van der Waals surface area contributed by atoms with E-state index in [0.717, 1.165) is 22.3 Å². The molecule has 2 N–H and O–H groups in total. The molecule has 0 fully saturated rings. The summed E-state index contributed by atoms with van der Waals surface area (Å²) in [6, 6.07) is 11.4. The first-order chi connectivity index (χ1) is 9.81. The first-order valence-electron chi connectivity index (χ1n) is 6.40. The quantitative estimate of drug-likeness (QED) is 0.756. The van der Waals surface area contributed by atoms with E-state index >= 15 is 0 Å². The highest BCUT2D eigenvalue weighted by molar-refractivity contribution is 5.81. The van der Waals surface area contributed by atoms with Gasteiger partial charge in [-0.15, -0.1) is 0 Å². The van der Waals surface area contributed by atoms with Crippen molar-refractivity contribution in [1.29, 1.82) is 0 Å². The van der Waals surface area contributed by atoms with Gasteiger partial charge in [0.1, 0.15) is 0 Å². The Kier molecular flexibility index (Phi) is 3.41. The number of aromatic nitrogens is 3. The summed E-state index contributed by atoms with van der Waals surface area (Å²) in [5.74, 6) is -0.0190. The summed E-state index contributed by atoms with van der Waals surface area (Å²) in [4.78, 5) is 23.2.